The van der Waals surface area contributed by atoms with Gasteiger partial charge in [-0.3, -0.25) is 9.59 Å². The number of halogens is 2. The van der Waals surface area contributed by atoms with Crippen LogP contribution in [0.4, 0.5) is 0 Å². The monoisotopic (exact) mass is 488 g/mol. The summed E-state index contributed by atoms with van der Waals surface area (Å²) in [5.41, 5.74) is 3.06. The van der Waals surface area contributed by atoms with Crippen LogP contribution in [-0.4, -0.2) is 28.8 Å². The Labute approximate surface area is 207 Å². The van der Waals surface area contributed by atoms with E-state index in [0.717, 1.165) is 37.7 Å². The van der Waals surface area contributed by atoms with Crippen molar-refractivity contribution in [3.8, 4) is 0 Å². The third kappa shape index (κ3) is 6.97. The van der Waals surface area contributed by atoms with Crippen LogP contribution in [0.1, 0.15) is 69.1 Å². The molecule has 2 amide bonds. The van der Waals surface area contributed by atoms with Gasteiger partial charge in [0.15, 0.2) is 0 Å². The number of amides is 2. The Morgan fingerprint density at radius 2 is 1.61 bits per heavy atom. The molecule has 1 aliphatic rings. The Bertz CT molecular complexity index is 919. The zero-order valence-electron chi connectivity index (χ0n) is 19.6. The Morgan fingerprint density at radius 3 is 2.18 bits per heavy atom. The highest BCUT2D eigenvalue weighted by atomic mass is 35.5. The van der Waals surface area contributed by atoms with Gasteiger partial charge < -0.3 is 10.2 Å². The summed E-state index contributed by atoms with van der Waals surface area (Å²) in [4.78, 5) is 28.3. The van der Waals surface area contributed by atoms with Crippen molar-refractivity contribution in [1.29, 1.82) is 0 Å². The van der Waals surface area contributed by atoms with E-state index in [9.17, 15) is 9.59 Å². The molecule has 1 fully saturated rings. The maximum absolute atomic E-state index is 13.5. The smallest absolute Gasteiger partial charge is 0.243 e. The predicted molar refractivity (Wildman–Crippen MR) is 136 cm³/mol. The molecular formula is C27H34Cl2N2O2. The van der Waals surface area contributed by atoms with Crippen LogP contribution >= 0.6 is 23.2 Å². The minimum Gasteiger partial charge on any atom is -0.352 e. The summed E-state index contributed by atoms with van der Waals surface area (Å²) in [5.74, 6) is -0.160. The maximum atomic E-state index is 13.5. The average molecular weight is 489 g/mol. The van der Waals surface area contributed by atoms with Crippen LogP contribution < -0.4 is 5.32 Å². The van der Waals surface area contributed by atoms with E-state index in [4.69, 9.17) is 23.2 Å². The van der Waals surface area contributed by atoms with Gasteiger partial charge in [0.1, 0.15) is 6.04 Å². The largest absolute Gasteiger partial charge is 0.352 e. The zero-order valence-corrected chi connectivity index (χ0v) is 21.1. The SMILES string of the molecule is CCc1ccc(CCC(=O)N(Cc2c(Cl)cccc2Cl)C(CC)C(=O)NC2CCCC2)cc1. The van der Waals surface area contributed by atoms with Crippen molar-refractivity contribution in [2.24, 2.45) is 0 Å². The van der Waals surface area contributed by atoms with Crippen molar-refractivity contribution in [3.63, 3.8) is 0 Å². The minimum absolute atomic E-state index is 0.0704. The molecule has 2 aromatic carbocycles. The van der Waals surface area contributed by atoms with Crippen LogP contribution in [0.25, 0.3) is 0 Å². The van der Waals surface area contributed by atoms with Gasteiger partial charge in [-0.2, -0.15) is 0 Å². The molecule has 3 rings (SSSR count). The fraction of sp³-hybridized carbons (Fsp3) is 0.481. The zero-order chi connectivity index (χ0) is 23.8. The number of hydrogen-bond donors (Lipinski definition) is 1. The molecule has 0 heterocycles. The lowest BCUT2D eigenvalue weighted by molar-refractivity contribution is -0.141. The lowest BCUT2D eigenvalue weighted by Crippen LogP contribution is -2.51. The number of carbonyl (C=O) groups is 2. The first-order chi connectivity index (χ1) is 15.9. The summed E-state index contributed by atoms with van der Waals surface area (Å²) < 4.78 is 0. The van der Waals surface area contributed by atoms with E-state index in [1.54, 1.807) is 23.1 Å². The third-order valence-electron chi connectivity index (χ3n) is 6.54. The number of rotatable bonds is 10. The van der Waals surface area contributed by atoms with Gasteiger partial charge in [-0.05, 0) is 55.4 Å². The normalized spacial score (nSPS) is 14.8. The standard InChI is InChI=1S/C27H34Cl2N2O2/c1-3-19-12-14-20(15-13-19)16-17-26(32)31(18-22-23(28)10-7-11-24(22)29)25(4-2)27(33)30-21-8-5-6-9-21/h7,10-15,21,25H,3-6,8-9,16-18H2,1-2H3,(H,30,33). The number of carbonyl (C=O) groups excluding carboxylic acids is 2. The second-order valence-corrected chi connectivity index (χ2v) is 9.62. The molecule has 0 aliphatic heterocycles. The van der Waals surface area contributed by atoms with Crippen LogP contribution in [0.5, 0.6) is 0 Å². The van der Waals surface area contributed by atoms with E-state index in [0.29, 0.717) is 34.9 Å². The van der Waals surface area contributed by atoms with Crippen molar-refractivity contribution in [3.05, 3.63) is 69.2 Å². The molecule has 0 spiro atoms. The lowest BCUT2D eigenvalue weighted by atomic mass is 10.0. The first kappa shape index (κ1) is 25.6. The van der Waals surface area contributed by atoms with Crippen molar-refractivity contribution < 1.29 is 9.59 Å². The summed E-state index contributed by atoms with van der Waals surface area (Å²) in [7, 11) is 0. The molecule has 1 atom stereocenters. The van der Waals surface area contributed by atoms with Crippen LogP contribution in [0.15, 0.2) is 42.5 Å². The van der Waals surface area contributed by atoms with E-state index < -0.39 is 6.04 Å². The Morgan fingerprint density at radius 1 is 1.00 bits per heavy atom. The summed E-state index contributed by atoms with van der Waals surface area (Å²) in [6, 6.07) is 13.3. The molecule has 2 aromatic rings. The Hall–Kier alpha value is -2.04. The molecule has 1 aliphatic carbocycles. The number of aryl methyl sites for hydroxylation is 2. The van der Waals surface area contributed by atoms with E-state index in [2.05, 4.69) is 36.5 Å². The average Bonchev–Trinajstić information content (AvgIpc) is 3.32. The van der Waals surface area contributed by atoms with E-state index in [-0.39, 0.29) is 24.4 Å². The van der Waals surface area contributed by atoms with Crippen molar-refractivity contribution in [2.75, 3.05) is 0 Å². The minimum atomic E-state index is -0.562. The summed E-state index contributed by atoms with van der Waals surface area (Å²) in [5, 5.41) is 4.17. The topological polar surface area (TPSA) is 49.4 Å². The third-order valence-corrected chi connectivity index (χ3v) is 7.24. The molecule has 6 heteroatoms. The fourth-order valence-corrected chi connectivity index (χ4v) is 4.99. The molecule has 178 valence electrons. The van der Waals surface area contributed by atoms with Crippen LogP contribution in [-0.2, 0) is 29.0 Å². The van der Waals surface area contributed by atoms with Gasteiger partial charge in [0.05, 0.1) is 0 Å². The number of nitrogens with zero attached hydrogens (tertiary/aromatic N) is 1. The maximum Gasteiger partial charge on any atom is 0.243 e. The Balaban J connectivity index is 1.79. The molecule has 1 unspecified atom stereocenters. The number of benzene rings is 2. The molecule has 0 radical (unpaired) electrons. The fourth-order valence-electron chi connectivity index (χ4n) is 4.48. The summed E-state index contributed by atoms with van der Waals surface area (Å²) in [6.07, 6.45) is 6.72. The van der Waals surface area contributed by atoms with Crippen molar-refractivity contribution in [2.45, 2.75) is 83.8 Å². The molecule has 1 N–H and O–H groups in total. The van der Waals surface area contributed by atoms with Crippen LogP contribution in [0.2, 0.25) is 10.0 Å². The van der Waals surface area contributed by atoms with Gasteiger partial charge in [-0.1, -0.05) is 80.2 Å². The number of hydrogen-bond acceptors (Lipinski definition) is 2. The van der Waals surface area contributed by atoms with E-state index in [1.165, 1.54) is 5.56 Å². The number of nitrogens with one attached hydrogen (secondary N) is 1. The molecule has 0 saturated heterocycles. The van der Waals surface area contributed by atoms with Crippen molar-refractivity contribution >= 4 is 35.0 Å². The van der Waals surface area contributed by atoms with Crippen LogP contribution in [0.3, 0.4) is 0 Å². The molecule has 0 aromatic heterocycles. The second-order valence-electron chi connectivity index (χ2n) is 8.81. The first-order valence-corrected chi connectivity index (χ1v) is 12.8. The first-order valence-electron chi connectivity index (χ1n) is 12.0. The second kappa shape index (κ2) is 12.4. The molecule has 33 heavy (non-hydrogen) atoms. The highest BCUT2D eigenvalue weighted by molar-refractivity contribution is 6.36. The van der Waals surface area contributed by atoms with E-state index >= 15 is 0 Å². The van der Waals surface area contributed by atoms with Crippen LogP contribution in [0, 0.1) is 0 Å². The summed E-state index contributed by atoms with van der Waals surface area (Å²) >= 11 is 12.8. The van der Waals surface area contributed by atoms with Gasteiger partial charge in [0, 0.05) is 34.6 Å². The molecule has 1 saturated carbocycles. The van der Waals surface area contributed by atoms with Crippen molar-refractivity contribution in [1.82, 2.24) is 10.2 Å². The quantitative estimate of drug-likeness (QED) is 0.423. The van der Waals surface area contributed by atoms with E-state index in [1.807, 2.05) is 6.92 Å². The van der Waals surface area contributed by atoms with Gasteiger partial charge in [0.25, 0.3) is 0 Å². The van der Waals surface area contributed by atoms with Gasteiger partial charge in [-0.15, -0.1) is 0 Å². The highest BCUT2D eigenvalue weighted by Crippen LogP contribution is 2.28. The lowest BCUT2D eigenvalue weighted by Gasteiger charge is -2.32. The molecular weight excluding hydrogens is 455 g/mol. The Kier molecular flexibility index (Phi) is 9.64. The van der Waals surface area contributed by atoms with Gasteiger partial charge in [-0.25, -0.2) is 0 Å². The predicted octanol–water partition coefficient (Wildman–Crippen LogP) is 6.35. The summed E-state index contributed by atoms with van der Waals surface area (Å²) in [6.45, 7) is 4.28. The highest BCUT2D eigenvalue weighted by Gasteiger charge is 2.31. The molecule has 4 nitrogen and oxygen atoms in total. The van der Waals surface area contributed by atoms with Gasteiger partial charge >= 0.3 is 0 Å². The molecule has 0 bridgehead atoms. The van der Waals surface area contributed by atoms with Gasteiger partial charge in [0.2, 0.25) is 11.8 Å².